The van der Waals surface area contributed by atoms with E-state index in [-0.39, 0.29) is 0 Å². The Bertz CT molecular complexity index is 806. The lowest BCUT2D eigenvalue weighted by Crippen LogP contribution is -2.20. The highest BCUT2D eigenvalue weighted by molar-refractivity contribution is 6.31. The second kappa shape index (κ2) is 4.96. The molecule has 106 valence electrons. The van der Waals surface area contributed by atoms with Crippen molar-refractivity contribution in [1.82, 2.24) is 15.0 Å². The molecule has 0 saturated carbocycles. The van der Waals surface area contributed by atoms with Gasteiger partial charge in [-0.15, -0.1) is 0 Å². The van der Waals surface area contributed by atoms with Gasteiger partial charge >= 0.3 is 5.92 Å². The van der Waals surface area contributed by atoms with Crippen LogP contribution in [0.5, 0.6) is 0 Å². The van der Waals surface area contributed by atoms with Gasteiger partial charge in [-0.1, -0.05) is 11.6 Å². The molecule has 3 aromatic rings. The molecule has 3 nitrogen and oxygen atoms in total. The van der Waals surface area contributed by atoms with E-state index in [4.69, 9.17) is 11.6 Å². The van der Waals surface area contributed by atoms with Crippen molar-refractivity contribution in [3.8, 4) is 0 Å². The molecule has 0 aliphatic rings. The van der Waals surface area contributed by atoms with Gasteiger partial charge in [0.15, 0.2) is 0 Å². The quantitative estimate of drug-likeness (QED) is 0.719. The fraction of sp³-hybridized carbons (Fsp3) is 0.0714. The summed E-state index contributed by atoms with van der Waals surface area (Å²) in [5.41, 5.74) is -0.320. The summed E-state index contributed by atoms with van der Waals surface area (Å²) in [6.07, 6.45) is 2.01. The van der Waals surface area contributed by atoms with Crippen LogP contribution in [0.3, 0.4) is 0 Å². The molecule has 0 fully saturated rings. The van der Waals surface area contributed by atoms with E-state index in [1.807, 2.05) is 0 Å². The van der Waals surface area contributed by atoms with Crippen LogP contribution in [0.1, 0.15) is 11.5 Å². The molecule has 1 aromatic carbocycles. The monoisotopic (exact) mass is 309 g/mol. The molecule has 7 heteroatoms. The van der Waals surface area contributed by atoms with Crippen LogP contribution in [-0.4, -0.2) is 15.0 Å². The van der Waals surface area contributed by atoms with Crippen LogP contribution in [0.4, 0.5) is 13.2 Å². The third-order valence-electron chi connectivity index (χ3n) is 2.87. The standard InChI is InChI=1S/C14H7ClF3N3/c15-9-2-1-8-6-20-13(21-11(8)5-9)14(17,18)12-4-3-10(16)7-19-12/h1-7H. The van der Waals surface area contributed by atoms with Gasteiger partial charge in [0.1, 0.15) is 11.5 Å². The maximum atomic E-state index is 14.3. The number of rotatable bonds is 2. The molecule has 0 saturated heterocycles. The first-order valence-electron chi connectivity index (χ1n) is 5.89. The van der Waals surface area contributed by atoms with E-state index < -0.39 is 23.3 Å². The molecule has 21 heavy (non-hydrogen) atoms. The molecule has 0 unspecified atom stereocenters. The Morgan fingerprint density at radius 2 is 1.81 bits per heavy atom. The second-order valence-electron chi connectivity index (χ2n) is 4.33. The van der Waals surface area contributed by atoms with Gasteiger partial charge in [0.05, 0.1) is 11.7 Å². The van der Waals surface area contributed by atoms with Crippen LogP contribution in [-0.2, 0) is 5.92 Å². The lowest BCUT2D eigenvalue weighted by Gasteiger charge is -2.14. The van der Waals surface area contributed by atoms with Crippen molar-refractivity contribution in [3.63, 3.8) is 0 Å². The van der Waals surface area contributed by atoms with Gasteiger partial charge in [-0.25, -0.2) is 14.4 Å². The Morgan fingerprint density at radius 1 is 1.00 bits per heavy atom. The van der Waals surface area contributed by atoms with Crippen molar-refractivity contribution in [3.05, 3.63) is 65.1 Å². The number of halogens is 4. The summed E-state index contributed by atoms with van der Waals surface area (Å²) in [6, 6.07) is 6.54. The van der Waals surface area contributed by atoms with Crippen LogP contribution in [0.2, 0.25) is 5.02 Å². The molecule has 0 bridgehead atoms. The van der Waals surface area contributed by atoms with Gasteiger partial charge in [0.25, 0.3) is 0 Å². The minimum absolute atomic E-state index is 0.300. The highest BCUT2D eigenvalue weighted by atomic mass is 35.5. The second-order valence-corrected chi connectivity index (χ2v) is 4.77. The topological polar surface area (TPSA) is 38.7 Å². The summed E-state index contributed by atoms with van der Waals surface area (Å²) < 4.78 is 41.4. The zero-order valence-corrected chi connectivity index (χ0v) is 11.2. The summed E-state index contributed by atoms with van der Waals surface area (Å²) in [5.74, 6) is -4.93. The average Bonchev–Trinajstić information content (AvgIpc) is 2.47. The van der Waals surface area contributed by atoms with Crippen molar-refractivity contribution in [2.24, 2.45) is 0 Å². The van der Waals surface area contributed by atoms with Gasteiger partial charge in [-0.3, -0.25) is 4.98 Å². The van der Waals surface area contributed by atoms with Crippen LogP contribution in [0, 0.1) is 5.82 Å². The van der Waals surface area contributed by atoms with E-state index in [2.05, 4.69) is 15.0 Å². The lowest BCUT2D eigenvalue weighted by atomic mass is 10.2. The minimum Gasteiger partial charge on any atom is -0.251 e. The predicted molar refractivity (Wildman–Crippen MR) is 71.7 cm³/mol. The van der Waals surface area contributed by atoms with Gasteiger partial charge in [0, 0.05) is 16.6 Å². The van der Waals surface area contributed by atoms with E-state index >= 15 is 0 Å². The first kappa shape index (κ1) is 13.8. The van der Waals surface area contributed by atoms with E-state index in [0.717, 1.165) is 18.3 Å². The highest BCUT2D eigenvalue weighted by Gasteiger charge is 2.39. The van der Waals surface area contributed by atoms with Crippen molar-refractivity contribution in [2.45, 2.75) is 5.92 Å². The lowest BCUT2D eigenvalue weighted by molar-refractivity contribution is 0.0283. The molecule has 0 amide bonds. The Balaban J connectivity index is 2.11. The normalized spacial score (nSPS) is 11.8. The minimum atomic E-state index is -3.52. The molecule has 0 aliphatic heterocycles. The number of hydrogen-bond acceptors (Lipinski definition) is 3. The number of nitrogens with zero attached hydrogens (tertiary/aromatic N) is 3. The summed E-state index contributed by atoms with van der Waals surface area (Å²) in [6.45, 7) is 0. The molecule has 0 spiro atoms. The number of pyridine rings is 1. The largest absolute Gasteiger partial charge is 0.348 e. The molecule has 0 radical (unpaired) electrons. The van der Waals surface area contributed by atoms with Crippen LogP contribution >= 0.6 is 11.6 Å². The van der Waals surface area contributed by atoms with E-state index in [0.29, 0.717) is 15.9 Å². The zero-order chi connectivity index (χ0) is 15.0. The Labute approximate surface area is 122 Å². The van der Waals surface area contributed by atoms with Gasteiger partial charge in [-0.05, 0) is 30.3 Å². The number of alkyl halides is 2. The third-order valence-corrected chi connectivity index (χ3v) is 3.11. The molecule has 0 aliphatic carbocycles. The van der Waals surface area contributed by atoms with Crippen molar-refractivity contribution < 1.29 is 13.2 Å². The van der Waals surface area contributed by atoms with Crippen molar-refractivity contribution in [2.75, 3.05) is 0 Å². The van der Waals surface area contributed by atoms with Gasteiger partial charge in [-0.2, -0.15) is 8.78 Å². The van der Waals surface area contributed by atoms with E-state index in [1.165, 1.54) is 12.3 Å². The van der Waals surface area contributed by atoms with E-state index in [1.54, 1.807) is 12.1 Å². The molecular formula is C14H7ClF3N3. The molecule has 2 heterocycles. The predicted octanol–water partition coefficient (Wildman–Crippen LogP) is 3.96. The first-order valence-corrected chi connectivity index (χ1v) is 6.27. The van der Waals surface area contributed by atoms with Crippen molar-refractivity contribution >= 4 is 22.5 Å². The summed E-state index contributed by atoms with van der Waals surface area (Å²) >= 11 is 5.82. The smallest absolute Gasteiger partial charge is 0.251 e. The number of benzene rings is 1. The first-order chi connectivity index (χ1) is 9.96. The number of hydrogen-bond donors (Lipinski definition) is 0. The fourth-order valence-electron chi connectivity index (χ4n) is 1.82. The van der Waals surface area contributed by atoms with Crippen LogP contribution in [0.25, 0.3) is 10.9 Å². The van der Waals surface area contributed by atoms with Crippen molar-refractivity contribution in [1.29, 1.82) is 0 Å². The van der Waals surface area contributed by atoms with Crippen LogP contribution < -0.4 is 0 Å². The van der Waals surface area contributed by atoms with Gasteiger partial charge in [0.2, 0.25) is 5.82 Å². The molecule has 3 rings (SSSR count). The fourth-order valence-corrected chi connectivity index (χ4v) is 1.99. The molecule has 2 aromatic heterocycles. The average molecular weight is 310 g/mol. The zero-order valence-electron chi connectivity index (χ0n) is 10.4. The maximum absolute atomic E-state index is 14.3. The number of fused-ring (bicyclic) bond motifs is 1. The summed E-state index contributed by atoms with van der Waals surface area (Å²) in [4.78, 5) is 10.9. The highest BCUT2D eigenvalue weighted by Crippen LogP contribution is 2.32. The molecule has 0 atom stereocenters. The summed E-state index contributed by atoms with van der Waals surface area (Å²) in [5, 5.41) is 0.974. The number of aromatic nitrogens is 3. The van der Waals surface area contributed by atoms with Crippen LogP contribution in [0.15, 0.2) is 42.7 Å². The third kappa shape index (κ3) is 2.54. The van der Waals surface area contributed by atoms with Gasteiger partial charge < -0.3 is 0 Å². The summed E-state index contributed by atoms with van der Waals surface area (Å²) in [7, 11) is 0. The Hall–Kier alpha value is -2.21. The Morgan fingerprint density at radius 3 is 2.52 bits per heavy atom. The van der Waals surface area contributed by atoms with E-state index in [9.17, 15) is 13.2 Å². The molecule has 0 N–H and O–H groups in total. The Kier molecular flexibility index (Phi) is 3.25. The maximum Gasteiger partial charge on any atom is 0.348 e. The molecular weight excluding hydrogens is 303 g/mol. The SMILES string of the molecule is Fc1ccc(C(F)(F)c2ncc3ccc(Cl)cc3n2)nc1.